The molecule has 2 rings (SSSR count). The zero-order chi connectivity index (χ0) is 12.1. The third-order valence-electron chi connectivity index (χ3n) is 3.23. The van der Waals surface area contributed by atoms with Crippen LogP contribution in [0.25, 0.3) is 0 Å². The molecule has 0 fully saturated rings. The predicted octanol–water partition coefficient (Wildman–Crippen LogP) is 2.18. The lowest BCUT2D eigenvalue weighted by Crippen LogP contribution is -2.22. The first-order valence-electron chi connectivity index (χ1n) is 6.39. The highest BCUT2D eigenvalue weighted by Crippen LogP contribution is 2.33. The maximum atomic E-state index is 8.83. The fourth-order valence-corrected chi connectivity index (χ4v) is 2.33. The van der Waals surface area contributed by atoms with E-state index in [4.69, 9.17) is 9.84 Å². The van der Waals surface area contributed by atoms with E-state index >= 15 is 0 Å². The van der Waals surface area contributed by atoms with Gasteiger partial charge >= 0.3 is 0 Å². The minimum atomic E-state index is 0.247. The SMILES string of the molecule is Cc1cccc2c1OCCCC2NCCCO. The van der Waals surface area contributed by atoms with E-state index in [0.717, 1.165) is 38.2 Å². The van der Waals surface area contributed by atoms with Crippen LogP contribution in [0.4, 0.5) is 0 Å². The molecular formula is C14H21NO2. The van der Waals surface area contributed by atoms with Gasteiger partial charge in [0.1, 0.15) is 5.75 Å². The molecule has 0 amide bonds. The highest BCUT2D eigenvalue weighted by Gasteiger charge is 2.19. The second-order valence-corrected chi connectivity index (χ2v) is 4.57. The number of benzene rings is 1. The van der Waals surface area contributed by atoms with E-state index in [1.165, 1.54) is 11.1 Å². The summed E-state index contributed by atoms with van der Waals surface area (Å²) in [5.74, 6) is 1.05. The molecule has 1 aliphatic rings. The number of rotatable bonds is 4. The third-order valence-corrected chi connectivity index (χ3v) is 3.23. The van der Waals surface area contributed by atoms with Crippen LogP contribution in [0.3, 0.4) is 0 Å². The van der Waals surface area contributed by atoms with Crippen LogP contribution in [-0.2, 0) is 0 Å². The molecule has 0 saturated carbocycles. The van der Waals surface area contributed by atoms with E-state index in [1.807, 2.05) is 0 Å². The smallest absolute Gasteiger partial charge is 0.126 e. The first-order valence-corrected chi connectivity index (χ1v) is 6.39. The van der Waals surface area contributed by atoms with Crippen molar-refractivity contribution in [2.24, 2.45) is 0 Å². The summed E-state index contributed by atoms with van der Waals surface area (Å²) in [6.07, 6.45) is 2.98. The fourth-order valence-electron chi connectivity index (χ4n) is 2.33. The summed E-state index contributed by atoms with van der Waals surface area (Å²) in [5.41, 5.74) is 2.47. The lowest BCUT2D eigenvalue weighted by atomic mass is 10.00. The molecule has 1 aromatic carbocycles. The van der Waals surface area contributed by atoms with Gasteiger partial charge in [-0.2, -0.15) is 0 Å². The Morgan fingerprint density at radius 2 is 2.35 bits per heavy atom. The second-order valence-electron chi connectivity index (χ2n) is 4.57. The first kappa shape index (κ1) is 12.4. The number of fused-ring (bicyclic) bond motifs is 1. The number of ether oxygens (including phenoxy) is 1. The molecule has 1 unspecified atom stereocenters. The topological polar surface area (TPSA) is 41.5 Å². The normalized spacial score (nSPS) is 19.3. The Hall–Kier alpha value is -1.06. The molecule has 1 aliphatic heterocycles. The van der Waals surface area contributed by atoms with Crippen LogP contribution in [0.2, 0.25) is 0 Å². The Balaban J connectivity index is 2.15. The summed E-state index contributed by atoms with van der Waals surface area (Å²) in [6, 6.07) is 6.68. The Morgan fingerprint density at radius 3 is 3.18 bits per heavy atom. The van der Waals surface area contributed by atoms with Gasteiger partial charge in [0.2, 0.25) is 0 Å². The van der Waals surface area contributed by atoms with Crippen molar-refractivity contribution in [3.63, 3.8) is 0 Å². The molecule has 3 heteroatoms. The first-order chi connectivity index (χ1) is 8.33. The molecule has 1 heterocycles. The van der Waals surface area contributed by atoms with Crippen LogP contribution in [0.1, 0.15) is 36.4 Å². The van der Waals surface area contributed by atoms with E-state index in [1.54, 1.807) is 0 Å². The van der Waals surface area contributed by atoms with Crippen molar-refractivity contribution in [2.75, 3.05) is 19.8 Å². The van der Waals surface area contributed by atoms with Crippen molar-refractivity contribution in [1.29, 1.82) is 0 Å². The van der Waals surface area contributed by atoms with Gasteiger partial charge in [0.05, 0.1) is 6.61 Å². The molecule has 0 spiro atoms. The Labute approximate surface area is 103 Å². The largest absolute Gasteiger partial charge is 0.493 e. The van der Waals surface area contributed by atoms with Crippen LogP contribution in [0.15, 0.2) is 18.2 Å². The summed E-state index contributed by atoms with van der Waals surface area (Å²) in [6.45, 7) is 4.00. The molecule has 0 saturated heterocycles. The zero-order valence-corrected chi connectivity index (χ0v) is 10.4. The van der Waals surface area contributed by atoms with Crippen molar-refractivity contribution < 1.29 is 9.84 Å². The highest BCUT2D eigenvalue weighted by atomic mass is 16.5. The molecule has 94 valence electrons. The summed E-state index contributed by atoms with van der Waals surface area (Å²) in [5, 5.41) is 12.3. The number of hydrogen-bond donors (Lipinski definition) is 2. The standard InChI is InChI=1S/C14H21NO2/c1-11-5-2-6-12-13(15-8-4-9-16)7-3-10-17-14(11)12/h2,5-6,13,15-16H,3-4,7-10H2,1H3. The average molecular weight is 235 g/mol. The van der Waals surface area contributed by atoms with Crippen molar-refractivity contribution in [3.05, 3.63) is 29.3 Å². The van der Waals surface area contributed by atoms with Gasteiger partial charge < -0.3 is 15.2 Å². The number of aliphatic hydroxyl groups excluding tert-OH is 1. The molecule has 2 N–H and O–H groups in total. The highest BCUT2D eigenvalue weighted by molar-refractivity contribution is 5.43. The molecule has 0 radical (unpaired) electrons. The van der Waals surface area contributed by atoms with Crippen molar-refractivity contribution >= 4 is 0 Å². The second kappa shape index (κ2) is 6.03. The number of hydrogen-bond acceptors (Lipinski definition) is 3. The molecule has 0 aromatic heterocycles. The van der Waals surface area contributed by atoms with Gasteiger partial charge in [0, 0.05) is 18.2 Å². The van der Waals surface area contributed by atoms with Gasteiger partial charge in [-0.05, 0) is 38.3 Å². The maximum Gasteiger partial charge on any atom is 0.126 e. The van der Waals surface area contributed by atoms with Crippen LogP contribution in [-0.4, -0.2) is 24.9 Å². The van der Waals surface area contributed by atoms with Crippen LogP contribution in [0.5, 0.6) is 5.75 Å². The van der Waals surface area contributed by atoms with Gasteiger partial charge in [-0.15, -0.1) is 0 Å². The summed E-state index contributed by atoms with van der Waals surface area (Å²) in [4.78, 5) is 0. The molecule has 1 aromatic rings. The molecule has 0 aliphatic carbocycles. The lowest BCUT2D eigenvalue weighted by Gasteiger charge is -2.19. The third kappa shape index (κ3) is 2.99. The zero-order valence-electron chi connectivity index (χ0n) is 10.4. The number of aliphatic hydroxyl groups is 1. The number of nitrogens with one attached hydrogen (secondary N) is 1. The summed E-state index contributed by atoms with van der Waals surface area (Å²) in [7, 11) is 0. The Kier molecular flexibility index (Phi) is 4.40. The molecule has 0 bridgehead atoms. The number of aryl methyl sites for hydroxylation is 1. The minimum absolute atomic E-state index is 0.247. The van der Waals surface area contributed by atoms with Crippen molar-refractivity contribution in [2.45, 2.75) is 32.2 Å². The van der Waals surface area contributed by atoms with Crippen LogP contribution in [0, 0.1) is 6.92 Å². The van der Waals surface area contributed by atoms with E-state index in [9.17, 15) is 0 Å². The van der Waals surface area contributed by atoms with Crippen molar-refractivity contribution in [3.8, 4) is 5.75 Å². The molecule has 1 atom stereocenters. The Morgan fingerprint density at radius 1 is 1.47 bits per heavy atom. The van der Waals surface area contributed by atoms with E-state index in [-0.39, 0.29) is 6.61 Å². The lowest BCUT2D eigenvalue weighted by molar-refractivity contribution is 0.282. The number of para-hydroxylation sites is 1. The van der Waals surface area contributed by atoms with Gasteiger partial charge in [-0.25, -0.2) is 0 Å². The minimum Gasteiger partial charge on any atom is -0.493 e. The van der Waals surface area contributed by atoms with E-state index in [0.29, 0.717) is 6.04 Å². The van der Waals surface area contributed by atoms with Gasteiger partial charge in [0.15, 0.2) is 0 Å². The monoisotopic (exact) mass is 235 g/mol. The van der Waals surface area contributed by atoms with E-state index in [2.05, 4.69) is 30.4 Å². The van der Waals surface area contributed by atoms with Gasteiger partial charge in [-0.1, -0.05) is 18.2 Å². The summed E-state index contributed by atoms with van der Waals surface area (Å²) >= 11 is 0. The predicted molar refractivity (Wildman–Crippen MR) is 68.4 cm³/mol. The molecule has 3 nitrogen and oxygen atoms in total. The Bertz CT molecular complexity index is 365. The average Bonchev–Trinajstić information content (AvgIpc) is 2.54. The molecular weight excluding hydrogens is 214 g/mol. The quantitative estimate of drug-likeness (QED) is 0.786. The van der Waals surface area contributed by atoms with Crippen molar-refractivity contribution in [1.82, 2.24) is 5.32 Å². The van der Waals surface area contributed by atoms with E-state index < -0.39 is 0 Å². The molecule has 17 heavy (non-hydrogen) atoms. The van der Waals surface area contributed by atoms with Crippen LogP contribution < -0.4 is 10.1 Å². The summed E-state index contributed by atoms with van der Waals surface area (Å²) < 4.78 is 5.83. The van der Waals surface area contributed by atoms with Gasteiger partial charge in [0.25, 0.3) is 0 Å². The maximum absolute atomic E-state index is 8.83. The van der Waals surface area contributed by atoms with Gasteiger partial charge in [-0.3, -0.25) is 0 Å². The fraction of sp³-hybridized carbons (Fsp3) is 0.571. The van der Waals surface area contributed by atoms with Crippen LogP contribution >= 0.6 is 0 Å².